The second-order valence-corrected chi connectivity index (χ2v) is 8.47. The normalized spacial score (nSPS) is 19.0. The average molecular weight is 458 g/mol. The number of carbonyl (C=O) groups excluding carboxylic acids is 2. The van der Waals surface area contributed by atoms with Crippen LogP contribution in [-0.2, 0) is 9.53 Å². The van der Waals surface area contributed by atoms with Crippen LogP contribution in [0.25, 0.3) is 0 Å². The molecule has 2 aliphatic rings. The molecule has 1 atom stereocenters. The number of para-hydroxylation sites is 1. The standard InChI is InChI=1S/C24H28ClN3O4/c25-21-5-1-2-6-22(21)26-23(29)16-27-11-13-28(14-12-27)24(30)18-7-9-19(10-8-18)32-17-20-4-3-15-31-20/h1-2,5-10,20H,3-4,11-17H2,(H,26,29). The fraction of sp³-hybridized carbons (Fsp3) is 0.417. The Hall–Kier alpha value is -2.61. The number of ether oxygens (including phenoxy) is 2. The van der Waals surface area contributed by atoms with Crippen molar-refractivity contribution >= 4 is 29.1 Å². The molecule has 2 heterocycles. The molecule has 2 aromatic rings. The molecular formula is C24H28ClN3O4. The third-order valence-corrected chi connectivity index (χ3v) is 6.07. The van der Waals surface area contributed by atoms with Crippen molar-refractivity contribution in [1.82, 2.24) is 9.80 Å². The van der Waals surface area contributed by atoms with Gasteiger partial charge >= 0.3 is 0 Å². The molecule has 2 saturated heterocycles. The van der Waals surface area contributed by atoms with Crippen LogP contribution in [0.15, 0.2) is 48.5 Å². The van der Waals surface area contributed by atoms with Gasteiger partial charge in [0.1, 0.15) is 12.4 Å². The zero-order valence-corrected chi connectivity index (χ0v) is 18.7. The van der Waals surface area contributed by atoms with Gasteiger partial charge in [-0.3, -0.25) is 14.5 Å². The van der Waals surface area contributed by atoms with Gasteiger partial charge in [-0.25, -0.2) is 0 Å². The zero-order chi connectivity index (χ0) is 22.3. The molecule has 2 aromatic carbocycles. The number of carbonyl (C=O) groups is 2. The van der Waals surface area contributed by atoms with Gasteiger partial charge in [0.05, 0.1) is 23.4 Å². The number of hydrogen-bond donors (Lipinski definition) is 1. The number of halogens is 1. The molecule has 1 N–H and O–H groups in total. The predicted molar refractivity (Wildman–Crippen MR) is 123 cm³/mol. The highest BCUT2D eigenvalue weighted by Crippen LogP contribution is 2.21. The van der Waals surface area contributed by atoms with E-state index in [0.29, 0.717) is 49.1 Å². The lowest BCUT2D eigenvalue weighted by molar-refractivity contribution is -0.117. The lowest BCUT2D eigenvalue weighted by Gasteiger charge is -2.34. The Morgan fingerprint density at radius 1 is 1.06 bits per heavy atom. The summed E-state index contributed by atoms with van der Waals surface area (Å²) in [6.07, 6.45) is 2.28. The van der Waals surface area contributed by atoms with Crippen LogP contribution in [0.5, 0.6) is 5.75 Å². The van der Waals surface area contributed by atoms with Crippen molar-refractivity contribution < 1.29 is 19.1 Å². The molecule has 0 radical (unpaired) electrons. The van der Waals surface area contributed by atoms with Crippen molar-refractivity contribution in [1.29, 1.82) is 0 Å². The SMILES string of the molecule is O=C(CN1CCN(C(=O)c2ccc(OCC3CCCO3)cc2)CC1)Nc1ccccc1Cl. The molecule has 32 heavy (non-hydrogen) atoms. The summed E-state index contributed by atoms with van der Waals surface area (Å²) in [6.45, 7) is 4.06. The maximum atomic E-state index is 12.8. The second-order valence-electron chi connectivity index (χ2n) is 8.07. The average Bonchev–Trinajstić information content (AvgIpc) is 3.33. The Morgan fingerprint density at radius 3 is 2.50 bits per heavy atom. The lowest BCUT2D eigenvalue weighted by Crippen LogP contribution is -2.50. The number of rotatable bonds is 7. The van der Waals surface area contributed by atoms with Gasteiger partial charge in [0, 0.05) is 38.3 Å². The van der Waals surface area contributed by atoms with Gasteiger partial charge in [-0.05, 0) is 49.2 Å². The van der Waals surface area contributed by atoms with E-state index in [2.05, 4.69) is 5.32 Å². The summed E-state index contributed by atoms with van der Waals surface area (Å²) >= 11 is 6.09. The maximum absolute atomic E-state index is 12.8. The van der Waals surface area contributed by atoms with Crippen molar-refractivity contribution in [2.75, 3.05) is 51.3 Å². The Labute approximate surface area is 193 Å². The van der Waals surface area contributed by atoms with E-state index in [1.165, 1.54) is 0 Å². The summed E-state index contributed by atoms with van der Waals surface area (Å²) in [5.41, 5.74) is 1.25. The van der Waals surface area contributed by atoms with Gasteiger partial charge in [0.15, 0.2) is 0 Å². The summed E-state index contributed by atoms with van der Waals surface area (Å²) in [5.74, 6) is 0.624. The molecule has 1 unspecified atom stereocenters. The third-order valence-electron chi connectivity index (χ3n) is 5.74. The van der Waals surface area contributed by atoms with E-state index in [4.69, 9.17) is 21.1 Å². The molecule has 0 aromatic heterocycles. The fourth-order valence-electron chi connectivity index (χ4n) is 3.91. The van der Waals surface area contributed by atoms with Gasteiger partial charge < -0.3 is 19.7 Å². The topological polar surface area (TPSA) is 71.1 Å². The van der Waals surface area contributed by atoms with E-state index in [9.17, 15) is 9.59 Å². The van der Waals surface area contributed by atoms with E-state index in [0.717, 1.165) is 25.2 Å². The quantitative estimate of drug-likeness (QED) is 0.690. The first-order valence-electron chi connectivity index (χ1n) is 11.0. The summed E-state index contributed by atoms with van der Waals surface area (Å²) < 4.78 is 11.3. The van der Waals surface area contributed by atoms with Gasteiger partial charge in [-0.1, -0.05) is 23.7 Å². The largest absolute Gasteiger partial charge is 0.491 e. The second kappa shape index (κ2) is 10.8. The fourth-order valence-corrected chi connectivity index (χ4v) is 4.09. The number of hydrogen-bond acceptors (Lipinski definition) is 5. The maximum Gasteiger partial charge on any atom is 0.253 e. The Bertz CT molecular complexity index is 923. The Balaban J connectivity index is 1.21. The number of benzene rings is 2. The number of anilines is 1. The molecule has 2 fully saturated rings. The van der Waals surface area contributed by atoms with Gasteiger partial charge in [-0.15, -0.1) is 0 Å². The van der Waals surface area contributed by atoms with Crippen molar-refractivity contribution in [3.63, 3.8) is 0 Å². The molecule has 8 heteroatoms. The molecular weight excluding hydrogens is 430 g/mol. The molecule has 4 rings (SSSR count). The number of nitrogens with zero attached hydrogens (tertiary/aromatic N) is 2. The van der Waals surface area contributed by atoms with Crippen molar-refractivity contribution in [3.8, 4) is 5.75 Å². The van der Waals surface area contributed by atoms with Gasteiger partial charge in [0.2, 0.25) is 5.91 Å². The minimum absolute atomic E-state index is 0.00385. The summed E-state index contributed by atoms with van der Waals surface area (Å²) in [4.78, 5) is 29.0. The van der Waals surface area contributed by atoms with E-state index in [1.807, 2.05) is 34.1 Å². The molecule has 0 spiro atoms. The zero-order valence-electron chi connectivity index (χ0n) is 18.0. The Kier molecular flexibility index (Phi) is 7.63. The molecule has 7 nitrogen and oxygen atoms in total. The summed E-state index contributed by atoms with van der Waals surface area (Å²) in [7, 11) is 0. The molecule has 2 amide bonds. The van der Waals surface area contributed by atoms with Crippen LogP contribution < -0.4 is 10.1 Å². The van der Waals surface area contributed by atoms with Crippen LogP contribution in [0, 0.1) is 0 Å². The molecule has 0 bridgehead atoms. The first-order valence-corrected chi connectivity index (χ1v) is 11.4. The monoisotopic (exact) mass is 457 g/mol. The minimum Gasteiger partial charge on any atom is -0.491 e. The van der Waals surface area contributed by atoms with Crippen LogP contribution in [-0.4, -0.2) is 73.7 Å². The highest BCUT2D eigenvalue weighted by molar-refractivity contribution is 6.33. The number of amides is 2. The first-order chi connectivity index (χ1) is 15.6. The minimum atomic E-state index is -0.114. The van der Waals surface area contributed by atoms with Crippen LogP contribution in [0.1, 0.15) is 23.2 Å². The summed E-state index contributed by atoms with van der Waals surface area (Å²) in [6, 6.07) is 14.4. The van der Waals surface area contributed by atoms with Gasteiger partial charge in [0.25, 0.3) is 5.91 Å². The van der Waals surface area contributed by atoms with Gasteiger partial charge in [-0.2, -0.15) is 0 Å². The van der Waals surface area contributed by atoms with Crippen LogP contribution in [0.4, 0.5) is 5.69 Å². The van der Waals surface area contributed by atoms with Crippen molar-refractivity contribution in [2.24, 2.45) is 0 Å². The van der Waals surface area contributed by atoms with Crippen LogP contribution >= 0.6 is 11.6 Å². The Morgan fingerprint density at radius 2 is 1.81 bits per heavy atom. The van der Waals surface area contributed by atoms with Crippen molar-refractivity contribution in [2.45, 2.75) is 18.9 Å². The smallest absolute Gasteiger partial charge is 0.253 e. The summed E-state index contributed by atoms with van der Waals surface area (Å²) in [5, 5.41) is 3.35. The highest BCUT2D eigenvalue weighted by atomic mass is 35.5. The lowest BCUT2D eigenvalue weighted by atomic mass is 10.1. The molecule has 0 saturated carbocycles. The van der Waals surface area contributed by atoms with E-state index >= 15 is 0 Å². The van der Waals surface area contributed by atoms with E-state index in [1.54, 1.807) is 24.3 Å². The van der Waals surface area contributed by atoms with E-state index in [-0.39, 0.29) is 24.5 Å². The van der Waals surface area contributed by atoms with Crippen LogP contribution in [0.2, 0.25) is 5.02 Å². The van der Waals surface area contributed by atoms with E-state index < -0.39 is 0 Å². The number of piperazine rings is 1. The third kappa shape index (κ3) is 6.00. The predicted octanol–water partition coefficient (Wildman–Crippen LogP) is 3.29. The molecule has 0 aliphatic carbocycles. The van der Waals surface area contributed by atoms with Crippen molar-refractivity contribution in [3.05, 3.63) is 59.1 Å². The van der Waals surface area contributed by atoms with Crippen LogP contribution in [0.3, 0.4) is 0 Å². The molecule has 2 aliphatic heterocycles. The highest BCUT2D eigenvalue weighted by Gasteiger charge is 2.23. The molecule has 170 valence electrons. The number of nitrogens with one attached hydrogen (secondary N) is 1. The first kappa shape index (κ1) is 22.6.